The summed E-state index contributed by atoms with van der Waals surface area (Å²) >= 11 is 0. The third-order valence-corrected chi connectivity index (χ3v) is 5.66. The Morgan fingerprint density at radius 2 is 1.69 bits per heavy atom. The van der Waals surface area contributed by atoms with Crippen LogP contribution in [0.2, 0.25) is 0 Å². The summed E-state index contributed by atoms with van der Waals surface area (Å²) in [6, 6.07) is 12.1. The molecule has 0 radical (unpaired) electrons. The van der Waals surface area contributed by atoms with Gasteiger partial charge in [0.05, 0.1) is 19.1 Å². The highest BCUT2D eigenvalue weighted by molar-refractivity contribution is 7.89. The van der Waals surface area contributed by atoms with Gasteiger partial charge in [0, 0.05) is 24.4 Å². The monoisotopic (exact) mass is 527 g/mol. The van der Waals surface area contributed by atoms with Crippen molar-refractivity contribution in [3.8, 4) is 11.5 Å². The minimum absolute atomic E-state index is 0.110. The Labute approximate surface area is 203 Å². The number of nitrogens with one attached hydrogen (secondary N) is 3. The van der Waals surface area contributed by atoms with Crippen LogP contribution in [0, 0.1) is 0 Å². The predicted molar refractivity (Wildman–Crippen MR) is 121 cm³/mol. The summed E-state index contributed by atoms with van der Waals surface area (Å²) in [5.74, 6) is -0.756. The topological polar surface area (TPSA) is 141 Å². The van der Waals surface area contributed by atoms with Crippen LogP contribution in [0.15, 0.2) is 59.8 Å². The molecule has 0 spiro atoms. The summed E-state index contributed by atoms with van der Waals surface area (Å²) in [5.41, 5.74) is 1.13. The number of benzene rings is 2. The van der Waals surface area contributed by atoms with Crippen molar-refractivity contribution in [2.75, 3.05) is 24.9 Å². The maximum absolute atomic E-state index is 12.2. The molecule has 192 valence electrons. The largest absolute Gasteiger partial charge is 0.493 e. The number of halogens is 3. The van der Waals surface area contributed by atoms with Crippen molar-refractivity contribution in [1.29, 1.82) is 0 Å². The number of carbonyl (C=O) groups is 1. The summed E-state index contributed by atoms with van der Waals surface area (Å²) < 4.78 is 71.5. The van der Waals surface area contributed by atoms with Crippen LogP contribution in [0.4, 0.5) is 30.5 Å². The normalized spacial score (nSPS) is 11.5. The molecule has 0 bridgehead atoms. The van der Waals surface area contributed by atoms with Crippen molar-refractivity contribution < 1.29 is 40.7 Å². The first-order valence-electron chi connectivity index (χ1n) is 9.95. The van der Waals surface area contributed by atoms with E-state index in [2.05, 4.69) is 25.4 Å². The first-order chi connectivity index (χ1) is 17.0. The quantitative estimate of drug-likeness (QED) is 0.337. The second-order valence-electron chi connectivity index (χ2n) is 6.96. The van der Waals surface area contributed by atoms with Crippen LogP contribution in [-0.4, -0.2) is 44.8 Å². The van der Waals surface area contributed by atoms with E-state index in [9.17, 15) is 26.4 Å². The lowest BCUT2D eigenvalue weighted by atomic mass is 10.2. The van der Waals surface area contributed by atoms with Gasteiger partial charge in [-0.3, -0.25) is 0 Å². The Kier molecular flexibility index (Phi) is 8.16. The molecule has 0 amide bonds. The average Bonchev–Trinajstić information content (AvgIpc) is 2.86. The Balaban J connectivity index is 1.65. The molecule has 3 N–H and O–H groups in total. The lowest BCUT2D eigenvalue weighted by Crippen LogP contribution is -2.34. The number of nitrogens with zero attached hydrogens (tertiary/aromatic N) is 2. The van der Waals surface area contributed by atoms with Gasteiger partial charge in [-0.05, 0) is 34.7 Å². The number of methoxy groups -OCH3 is 2. The highest BCUT2D eigenvalue weighted by atomic mass is 32.2. The Hall–Kier alpha value is -4.11. The van der Waals surface area contributed by atoms with E-state index in [-0.39, 0.29) is 6.54 Å². The second kappa shape index (κ2) is 11.1. The van der Waals surface area contributed by atoms with Crippen LogP contribution < -0.4 is 25.0 Å². The van der Waals surface area contributed by atoms with E-state index in [4.69, 9.17) is 9.47 Å². The fourth-order valence-electron chi connectivity index (χ4n) is 2.80. The van der Waals surface area contributed by atoms with E-state index in [1.54, 1.807) is 30.3 Å². The predicted octanol–water partition coefficient (Wildman–Crippen LogP) is 3.15. The molecule has 0 aliphatic heterocycles. The second-order valence-corrected chi connectivity index (χ2v) is 8.60. The summed E-state index contributed by atoms with van der Waals surface area (Å²) in [5, 5.41) is 6.09. The van der Waals surface area contributed by atoms with Gasteiger partial charge in [-0.2, -0.15) is 13.2 Å². The van der Waals surface area contributed by atoms with Crippen molar-refractivity contribution >= 4 is 33.3 Å². The molecule has 3 rings (SSSR count). The first-order valence-corrected chi connectivity index (χ1v) is 11.4. The van der Waals surface area contributed by atoms with E-state index >= 15 is 0 Å². The van der Waals surface area contributed by atoms with Gasteiger partial charge < -0.3 is 24.9 Å². The lowest BCUT2D eigenvalue weighted by Gasteiger charge is -2.12. The molecule has 0 saturated carbocycles. The molecule has 0 atom stereocenters. The minimum Gasteiger partial charge on any atom is -0.493 e. The molecule has 2 aromatic carbocycles. The third-order valence-electron chi connectivity index (χ3n) is 4.48. The molecule has 0 saturated heterocycles. The van der Waals surface area contributed by atoms with E-state index < -0.39 is 27.1 Å². The third kappa shape index (κ3) is 6.96. The van der Waals surface area contributed by atoms with Crippen LogP contribution in [0.25, 0.3) is 0 Å². The number of carbonyl (C=O) groups excluding carboxylic acids is 1. The smallest absolute Gasteiger partial charge is 0.492 e. The number of hydrogen-bond donors (Lipinski definition) is 3. The maximum Gasteiger partial charge on any atom is 0.492 e. The minimum atomic E-state index is -5.35. The van der Waals surface area contributed by atoms with Crippen LogP contribution in [0.1, 0.15) is 5.56 Å². The van der Waals surface area contributed by atoms with Gasteiger partial charge in [0.15, 0.2) is 11.5 Å². The van der Waals surface area contributed by atoms with E-state index in [1.807, 2.05) is 0 Å². The summed E-state index contributed by atoms with van der Waals surface area (Å²) in [6.07, 6.45) is -4.04. The Morgan fingerprint density at radius 1 is 0.972 bits per heavy atom. The van der Waals surface area contributed by atoms with Gasteiger partial charge in [-0.1, -0.05) is 12.1 Å². The molecule has 11 nitrogen and oxygen atoms in total. The number of ether oxygens (including phenoxy) is 2. The lowest BCUT2D eigenvalue weighted by molar-refractivity contribution is -0.203. The number of alkyl halides is 3. The standard InChI is InChI=1S/C21H20F3N5O6S/c1-33-16-7-6-14(9-17(16)34-2)28-19-10-18(26-12-27-19)25-11-13-4-3-5-15(8-13)36(31,32)29-35-20(30)21(22,23)24/h3-10,12,29H,11H2,1-2H3,(H2,25,26,27,28). The van der Waals surface area contributed by atoms with Gasteiger partial charge in [0.2, 0.25) is 0 Å². The SMILES string of the molecule is COc1ccc(Nc2cc(NCc3cccc(S(=O)(=O)NOC(=O)C(F)(F)F)c3)ncn2)cc1OC. The van der Waals surface area contributed by atoms with Crippen molar-refractivity contribution in [3.05, 3.63) is 60.4 Å². The van der Waals surface area contributed by atoms with Gasteiger partial charge in [-0.15, -0.1) is 0 Å². The number of rotatable bonds is 10. The molecule has 1 aromatic heterocycles. The average molecular weight is 527 g/mol. The molecule has 0 aliphatic rings. The zero-order valence-corrected chi connectivity index (χ0v) is 19.6. The van der Waals surface area contributed by atoms with Crippen molar-refractivity contribution in [3.63, 3.8) is 0 Å². The zero-order chi connectivity index (χ0) is 26.3. The highest BCUT2D eigenvalue weighted by Crippen LogP contribution is 2.31. The van der Waals surface area contributed by atoms with E-state index in [1.165, 1.54) is 37.6 Å². The van der Waals surface area contributed by atoms with Crippen LogP contribution in [0.5, 0.6) is 11.5 Å². The van der Waals surface area contributed by atoms with E-state index in [0.29, 0.717) is 34.4 Å². The first kappa shape index (κ1) is 26.5. The van der Waals surface area contributed by atoms with Crippen LogP contribution >= 0.6 is 0 Å². The van der Waals surface area contributed by atoms with Crippen molar-refractivity contribution in [2.24, 2.45) is 0 Å². The molecule has 0 aliphatic carbocycles. The Bertz CT molecular complexity index is 1340. The van der Waals surface area contributed by atoms with Crippen molar-refractivity contribution in [1.82, 2.24) is 14.9 Å². The molecule has 0 fully saturated rings. The van der Waals surface area contributed by atoms with Gasteiger partial charge in [-0.25, -0.2) is 23.2 Å². The van der Waals surface area contributed by atoms with Crippen molar-refractivity contribution in [2.45, 2.75) is 17.6 Å². The fourth-order valence-corrected chi connectivity index (χ4v) is 3.64. The molecule has 0 unspecified atom stereocenters. The summed E-state index contributed by atoms with van der Waals surface area (Å²) in [6.45, 7) is 0.110. The van der Waals surface area contributed by atoms with Crippen LogP contribution in [-0.2, 0) is 26.2 Å². The Morgan fingerprint density at radius 3 is 2.39 bits per heavy atom. The summed E-state index contributed by atoms with van der Waals surface area (Å²) in [4.78, 5) is 23.4. The molecule has 1 heterocycles. The highest BCUT2D eigenvalue weighted by Gasteiger charge is 2.42. The number of aromatic nitrogens is 2. The van der Waals surface area contributed by atoms with Gasteiger partial charge in [0.25, 0.3) is 10.0 Å². The zero-order valence-electron chi connectivity index (χ0n) is 18.8. The van der Waals surface area contributed by atoms with Gasteiger partial charge in [0.1, 0.15) is 18.0 Å². The molecular formula is C21H20F3N5O6S. The number of anilines is 3. The number of hydrogen-bond acceptors (Lipinski definition) is 10. The van der Waals surface area contributed by atoms with Gasteiger partial charge >= 0.3 is 12.1 Å². The fraction of sp³-hybridized carbons (Fsp3) is 0.190. The molecule has 36 heavy (non-hydrogen) atoms. The van der Waals surface area contributed by atoms with E-state index in [0.717, 1.165) is 6.07 Å². The number of sulfonamides is 1. The molecular weight excluding hydrogens is 507 g/mol. The molecule has 3 aromatic rings. The molecule has 15 heteroatoms. The van der Waals surface area contributed by atoms with Crippen LogP contribution in [0.3, 0.4) is 0 Å². The maximum atomic E-state index is 12.2. The summed E-state index contributed by atoms with van der Waals surface area (Å²) in [7, 11) is -1.51.